The monoisotopic (exact) mass is 397 g/mol. The van der Waals surface area contributed by atoms with Crippen LogP contribution in [0.15, 0.2) is 57.5 Å². The zero-order chi connectivity index (χ0) is 14.5. The van der Waals surface area contributed by atoms with Crippen molar-refractivity contribution in [3.05, 3.63) is 57.5 Å². The lowest BCUT2D eigenvalue weighted by atomic mass is 10.3. The van der Waals surface area contributed by atoms with Gasteiger partial charge in [-0.05, 0) is 53.2 Å². The van der Waals surface area contributed by atoms with Crippen LogP contribution < -0.4 is 10.1 Å². The Balaban J connectivity index is 2.01. The molecule has 0 aliphatic rings. The van der Waals surface area contributed by atoms with Crippen LogP contribution in [-0.2, 0) is 4.79 Å². The first-order chi connectivity index (χ1) is 9.56. The second-order valence-corrected chi connectivity index (χ2v) is 5.96. The van der Waals surface area contributed by atoms with Gasteiger partial charge in [-0.25, -0.2) is 0 Å². The molecule has 0 aromatic heterocycles. The fourth-order valence-corrected chi connectivity index (χ4v) is 2.73. The van der Waals surface area contributed by atoms with Crippen molar-refractivity contribution in [2.75, 3.05) is 5.32 Å². The molecule has 0 saturated carbocycles. The molecule has 0 heterocycles. The number of anilines is 1. The van der Waals surface area contributed by atoms with Crippen molar-refractivity contribution in [1.29, 1.82) is 0 Å². The highest BCUT2D eigenvalue weighted by Gasteiger charge is 2.15. The number of carbonyl (C=O) groups excluding carboxylic acids is 1. The Bertz CT molecular complexity index is 602. The number of rotatable bonds is 4. The standard InChI is InChI=1S/C15H13Br2NO2/c1-10(20-12-5-3-2-4-6-12)15(19)18-14-8-7-11(16)9-13(14)17/h2-10H,1H3,(H,18,19). The van der Waals surface area contributed by atoms with E-state index in [1.807, 2.05) is 48.5 Å². The number of nitrogens with one attached hydrogen (secondary N) is 1. The summed E-state index contributed by atoms with van der Waals surface area (Å²) in [7, 11) is 0. The molecule has 0 aliphatic carbocycles. The van der Waals surface area contributed by atoms with E-state index in [4.69, 9.17) is 4.74 Å². The maximum atomic E-state index is 12.1. The van der Waals surface area contributed by atoms with Gasteiger partial charge in [0.15, 0.2) is 6.10 Å². The van der Waals surface area contributed by atoms with Gasteiger partial charge in [-0.1, -0.05) is 34.1 Å². The topological polar surface area (TPSA) is 38.3 Å². The van der Waals surface area contributed by atoms with E-state index < -0.39 is 6.10 Å². The van der Waals surface area contributed by atoms with Crippen LogP contribution in [0.4, 0.5) is 5.69 Å². The van der Waals surface area contributed by atoms with Crippen LogP contribution >= 0.6 is 31.9 Å². The molecule has 1 N–H and O–H groups in total. The lowest BCUT2D eigenvalue weighted by Crippen LogP contribution is -2.30. The van der Waals surface area contributed by atoms with Gasteiger partial charge in [-0.3, -0.25) is 4.79 Å². The zero-order valence-electron chi connectivity index (χ0n) is 10.8. The summed E-state index contributed by atoms with van der Waals surface area (Å²) in [5.74, 6) is 0.474. The first kappa shape index (κ1) is 15.1. The van der Waals surface area contributed by atoms with Gasteiger partial charge in [0, 0.05) is 8.95 Å². The van der Waals surface area contributed by atoms with Gasteiger partial charge in [0.1, 0.15) is 5.75 Å². The van der Waals surface area contributed by atoms with Crippen LogP contribution in [-0.4, -0.2) is 12.0 Å². The largest absolute Gasteiger partial charge is 0.481 e. The second kappa shape index (κ2) is 6.90. The van der Waals surface area contributed by atoms with Crippen molar-refractivity contribution < 1.29 is 9.53 Å². The highest BCUT2D eigenvalue weighted by atomic mass is 79.9. The molecule has 5 heteroatoms. The molecule has 1 amide bonds. The van der Waals surface area contributed by atoms with E-state index in [9.17, 15) is 4.79 Å². The summed E-state index contributed by atoms with van der Waals surface area (Å²) in [6.07, 6.45) is -0.576. The van der Waals surface area contributed by atoms with Gasteiger partial charge in [-0.15, -0.1) is 0 Å². The quantitative estimate of drug-likeness (QED) is 0.815. The van der Waals surface area contributed by atoms with Crippen molar-refractivity contribution in [3.8, 4) is 5.75 Å². The fraction of sp³-hybridized carbons (Fsp3) is 0.133. The number of ether oxygens (including phenoxy) is 1. The first-order valence-corrected chi connectivity index (χ1v) is 7.62. The summed E-state index contributed by atoms with van der Waals surface area (Å²) < 4.78 is 7.33. The minimum atomic E-state index is -0.576. The molecule has 0 spiro atoms. The number of halogens is 2. The third kappa shape index (κ3) is 4.08. The SMILES string of the molecule is CC(Oc1ccccc1)C(=O)Nc1ccc(Br)cc1Br. The van der Waals surface area contributed by atoms with Crippen molar-refractivity contribution in [1.82, 2.24) is 0 Å². The molecule has 0 saturated heterocycles. The van der Waals surface area contributed by atoms with Crippen LogP contribution in [0, 0.1) is 0 Å². The summed E-state index contributed by atoms with van der Waals surface area (Å²) >= 11 is 6.77. The van der Waals surface area contributed by atoms with E-state index in [2.05, 4.69) is 37.2 Å². The molecule has 20 heavy (non-hydrogen) atoms. The van der Waals surface area contributed by atoms with Crippen molar-refractivity contribution >= 4 is 43.5 Å². The number of hydrogen-bond donors (Lipinski definition) is 1. The summed E-state index contributed by atoms with van der Waals surface area (Å²) in [4.78, 5) is 12.1. The summed E-state index contributed by atoms with van der Waals surface area (Å²) in [5, 5.41) is 2.83. The molecular formula is C15H13Br2NO2. The van der Waals surface area contributed by atoms with E-state index in [1.54, 1.807) is 6.92 Å². The molecule has 104 valence electrons. The van der Waals surface area contributed by atoms with Gasteiger partial charge in [0.2, 0.25) is 0 Å². The van der Waals surface area contributed by atoms with Crippen molar-refractivity contribution in [3.63, 3.8) is 0 Å². The van der Waals surface area contributed by atoms with Gasteiger partial charge in [0.25, 0.3) is 5.91 Å². The normalized spacial score (nSPS) is 11.8. The van der Waals surface area contributed by atoms with E-state index in [-0.39, 0.29) is 5.91 Å². The minimum absolute atomic E-state index is 0.197. The van der Waals surface area contributed by atoms with Gasteiger partial charge >= 0.3 is 0 Å². The third-order valence-corrected chi connectivity index (χ3v) is 3.76. The Labute approximate surface area is 134 Å². The van der Waals surface area contributed by atoms with E-state index in [0.717, 1.165) is 8.95 Å². The molecule has 1 atom stereocenters. The summed E-state index contributed by atoms with van der Waals surface area (Å²) in [6, 6.07) is 14.8. The van der Waals surface area contributed by atoms with E-state index in [1.165, 1.54) is 0 Å². The van der Waals surface area contributed by atoms with Crippen LogP contribution in [0.1, 0.15) is 6.92 Å². The summed E-state index contributed by atoms with van der Waals surface area (Å²) in [5.41, 5.74) is 0.710. The average Bonchev–Trinajstić information content (AvgIpc) is 2.43. The molecule has 2 aromatic rings. The van der Waals surface area contributed by atoms with Crippen LogP contribution in [0.25, 0.3) is 0 Å². The molecular weight excluding hydrogens is 386 g/mol. The number of hydrogen-bond acceptors (Lipinski definition) is 2. The molecule has 3 nitrogen and oxygen atoms in total. The number of carbonyl (C=O) groups is 1. The molecule has 2 rings (SSSR count). The molecule has 2 aromatic carbocycles. The Morgan fingerprint density at radius 2 is 1.85 bits per heavy atom. The predicted octanol–water partition coefficient (Wildman–Crippen LogP) is 4.62. The fourth-order valence-electron chi connectivity index (χ4n) is 1.58. The first-order valence-electron chi connectivity index (χ1n) is 6.04. The average molecular weight is 399 g/mol. The van der Waals surface area contributed by atoms with Crippen LogP contribution in [0.3, 0.4) is 0 Å². The second-order valence-electron chi connectivity index (χ2n) is 4.19. The predicted molar refractivity (Wildman–Crippen MR) is 87.0 cm³/mol. The van der Waals surface area contributed by atoms with E-state index >= 15 is 0 Å². The van der Waals surface area contributed by atoms with Crippen molar-refractivity contribution in [2.24, 2.45) is 0 Å². The number of para-hydroxylation sites is 1. The minimum Gasteiger partial charge on any atom is -0.481 e. The third-order valence-electron chi connectivity index (χ3n) is 2.61. The lowest BCUT2D eigenvalue weighted by Gasteiger charge is -2.15. The molecule has 1 unspecified atom stereocenters. The van der Waals surface area contributed by atoms with Gasteiger partial charge in [-0.2, -0.15) is 0 Å². The molecule has 0 fully saturated rings. The Morgan fingerprint density at radius 3 is 2.50 bits per heavy atom. The van der Waals surface area contributed by atoms with E-state index in [0.29, 0.717) is 11.4 Å². The van der Waals surface area contributed by atoms with Gasteiger partial charge in [0.05, 0.1) is 5.69 Å². The maximum Gasteiger partial charge on any atom is 0.265 e. The molecule has 0 radical (unpaired) electrons. The smallest absolute Gasteiger partial charge is 0.265 e. The molecule has 0 bridgehead atoms. The Morgan fingerprint density at radius 1 is 1.15 bits per heavy atom. The Kier molecular flexibility index (Phi) is 5.20. The summed E-state index contributed by atoms with van der Waals surface area (Å²) in [6.45, 7) is 1.72. The van der Waals surface area contributed by atoms with Crippen LogP contribution in [0.5, 0.6) is 5.75 Å². The number of amides is 1. The van der Waals surface area contributed by atoms with Crippen LogP contribution in [0.2, 0.25) is 0 Å². The van der Waals surface area contributed by atoms with Crippen molar-refractivity contribution in [2.45, 2.75) is 13.0 Å². The number of benzene rings is 2. The lowest BCUT2D eigenvalue weighted by molar-refractivity contribution is -0.122. The highest BCUT2D eigenvalue weighted by Crippen LogP contribution is 2.26. The van der Waals surface area contributed by atoms with Gasteiger partial charge < -0.3 is 10.1 Å². The Hall–Kier alpha value is -1.33. The maximum absolute atomic E-state index is 12.1. The molecule has 0 aliphatic heterocycles. The zero-order valence-corrected chi connectivity index (χ0v) is 13.9. The highest BCUT2D eigenvalue weighted by molar-refractivity contribution is 9.11.